The van der Waals surface area contributed by atoms with Gasteiger partial charge in [0, 0.05) is 13.0 Å². The Bertz CT molecular complexity index is 1030. The Balaban J connectivity index is 4.05. The Morgan fingerprint density at radius 2 is 0.902 bits per heavy atom. The van der Waals surface area contributed by atoms with Crippen LogP contribution in [0.25, 0.3) is 0 Å². The molecule has 0 aliphatic heterocycles. The van der Waals surface area contributed by atoms with Crippen molar-refractivity contribution < 1.29 is 37.3 Å². The smallest absolute Gasteiger partial charge is 0.306 e. The van der Waals surface area contributed by atoms with Gasteiger partial charge in [0.05, 0.1) is 34.4 Å². The van der Waals surface area contributed by atoms with Crippen molar-refractivity contribution in [2.75, 3.05) is 54.1 Å². The van der Waals surface area contributed by atoms with E-state index < -0.39 is 13.9 Å². The number of esters is 1. The van der Waals surface area contributed by atoms with Crippen LogP contribution in [0, 0.1) is 0 Å². The van der Waals surface area contributed by atoms with Gasteiger partial charge in [-0.1, -0.05) is 218 Å². The fourth-order valence-corrected chi connectivity index (χ4v) is 8.19. The number of phosphoric ester groups is 1. The molecular weight excluding hydrogens is 782 g/mol. The van der Waals surface area contributed by atoms with Crippen molar-refractivity contribution in [3.8, 4) is 0 Å². The molecule has 0 aromatic rings. The third-order valence-electron chi connectivity index (χ3n) is 11.5. The van der Waals surface area contributed by atoms with Crippen molar-refractivity contribution in [1.82, 2.24) is 0 Å². The van der Waals surface area contributed by atoms with Crippen molar-refractivity contribution in [2.45, 2.75) is 251 Å². The molecule has 9 heteroatoms. The Kier molecular flexibility index (Phi) is 44.8. The fourth-order valence-electron chi connectivity index (χ4n) is 7.46. The molecule has 61 heavy (non-hydrogen) atoms. The van der Waals surface area contributed by atoms with Gasteiger partial charge in [-0.2, -0.15) is 0 Å². The zero-order valence-corrected chi connectivity index (χ0v) is 42.0. The van der Waals surface area contributed by atoms with Crippen LogP contribution in [0.5, 0.6) is 0 Å². The lowest BCUT2D eigenvalue weighted by Crippen LogP contribution is -2.37. The number of allylic oxidation sites excluding steroid dienone is 4. The van der Waals surface area contributed by atoms with E-state index in [1.165, 1.54) is 186 Å². The molecule has 0 radical (unpaired) electrons. The van der Waals surface area contributed by atoms with Gasteiger partial charge in [-0.15, -0.1) is 0 Å². The molecule has 362 valence electrons. The van der Waals surface area contributed by atoms with E-state index in [4.69, 9.17) is 18.5 Å². The first-order valence-electron chi connectivity index (χ1n) is 26.1. The highest BCUT2D eigenvalue weighted by Gasteiger charge is 2.20. The first-order chi connectivity index (χ1) is 29.6. The van der Waals surface area contributed by atoms with Gasteiger partial charge < -0.3 is 27.9 Å². The maximum Gasteiger partial charge on any atom is 0.306 e. The number of unbranched alkanes of at least 4 members (excludes halogenated alkanes) is 31. The molecule has 0 N–H and O–H groups in total. The molecule has 0 bridgehead atoms. The lowest BCUT2D eigenvalue weighted by molar-refractivity contribution is -0.870. The lowest BCUT2D eigenvalue weighted by Gasteiger charge is -2.28. The van der Waals surface area contributed by atoms with Crippen LogP contribution < -0.4 is 4.89 Å². The third kappa shape index (κ3) is 49.8. The molecule has 0 saturated carbocycles. The Morgan fingerprint density at radius 3 is 1.33 bits per heavy atom. The zero-order valence-electron chi connectivity index (χ0n) is 41.1. The largest absolute Gasteiger partial charge is 0.756 e. The lowest BCUT2D eigenvalue weighted by atomic mass is 10.0. The van der Waals surface area contributed by atoms with Crippen LogP contribution in [0.1, 0.15) is 245 Å². The van der Waals surface area contributed by atoms with Gasteiger partial charge in [0.25, 0.3) is 7.82 Å². The molecule has 8 nitrogen and oxygen atoms in total. The molecular formula is C52H102NO7P. The summed E-state index contributed by atoms with van der Waals surface area (Å²) in [5.74, 6) is -0.330. The zero-order chi connectivity index (χ0) is 44.8. The van der Waals surface area contributed by atoms with Crippen LogP contribution in [-0.2, 0) is 27.9 Å². The summed E-state index contributed by atoms with van der Waals surface area (Å²) < 4.78 is 34.7. The topological polar surface area (TPSA) is 94.1 Å². The molecule has 2 atom stereocenters. The second-order valence-electron chi connectivity index (χ2n) is 18.9. The minimum Gasteiger partial charge on any atom is -0.756 e. The van der Waals surface area contributed by atoms with Crippen LogP contribution in [0.4, 0.5) is 0 Å². The van der Waals surface area contributed by atoms with Crippen molar-refractivity contribution in [3.05, 3.63) is 24.3 Å². The molecule has 0 aliphatic carbocycles. The van der Waals surface area contributed by atoms with Crippen LogP contribution in [0.3, 0.4) is 0 Å². The standard InChI is InChI=1S/C52H102NO7P/c1-6-8-10-12-14-16-18-20-22-23-24-25-26-27-28-29-30-31-32-33-35-37-39-41-43-45-52(54)60-51(50-59-61(55,56)58-48-46-53(3,4)5)49-57-47-44-42-40-38-36-34-21-19-17-15-13-11-9-7-2/h18,20,23-24,51H,6-17,19,21-22,25-50H2,1-5H3/b20-18-,24-23-. The molecule has 0 heterocycles. The summed E-state index contributed by atoms with van der Waals surface area (Å²) in [6.07, 6.45) is 53.4. The van der Waals surface area contributed by atoms with E-state index in [2.05, 4.69) is 38.2 Å². The highest BCUT2D eigenvalue weighted by Crippen LogP contribution is 2.38. The number of carbonyl (C=O) groups is 1. The number of quaternary nitrogens is 1. The number of hydrogen-bond donors (Lipinski definition) is 0. The summed E-state index contributed by atoms with van der Waals surface area (Å²) in [5, 5.41) is 0. The maximum absolute atomic E-state index is 12.7. The van der Waals surface area contributed by atoms with Crippen molar-refractivity contribution >= 4 is 13.8 Å². The maximum atomic E-state index is 12.7. The van der Waals surface area contributed by atoms with E-state index in [1.54, 1.807) is 0 Å². The Hall–Kier alpha value is -1.02. The first kappa shape index (κ1) is 60.0. The van der Waals surface area contributed by atoms with E-state index >= 15 is 0 Å². The highest BCUT2D eigenvalue weighted by atomic mass is 31.2. The average Bonchev–Trinajstić information content (AvgIpc) is 3.22. The number of hydrogen-bond acceptors (Lipinski definition) is 7. The second-order valence-corrected chi connectivity index (χ2v) is 20.3. The van der Waals surface area contributed by atoms with Crippen molar-refractivity contribution in [1.29, 1.82) is 0 Å². The monoisotopic (exact) mass is 884 g/mol. The number of rotatable bonds is 49. The summed E-state index contributed by atoms with van der Waals surface area (Å²) >= 11 is 0. The van der Waals surface area contributed by atoms with Crippen molar-refractivity contribution in [2.24, 2.45) is 0 Å². The van der Waals surface area contributed by atoms with Gasteiger partial charge in [-0.05, 0) is 44.9 Å². The fraction of sp³-hybridized carbons (Fsp3) is 0.904. The number of phosphoric acid groups is 1. The average molecular weight is 884 g/mol. The van der Waals surface area contributed by atoms with Gasteiger partial charge in [-0.25, -0.2) is 0 Å². The number of nitrogens with zero attached hydrogens (tertiary/aromatic N) is 1. The summed E-state index contributed by atoms with van der Waals surface area (Å²) in [6, 6.07) is 0. The quantitative estimate of drug-likeness (QED) is 0.0197. The van der Waals surface area contributed by atoms with Gasteiger partial charge in [0.1, 0.15) is 19.3 Å². The number of carbonyl (C=O) groups excluding carboxylic acids is 1. The van der Waals surface area contributed by atoms with Gasteiger partial charge in [0.2, 0.25) is 0 Å². The molecule has 0 saturated heterocycles. The van der Waals surface area contributed by atoms with Crippen LogP contribution in [0.15, 0.2) is 24.3 Å². The minimum atomic E-state index is -4.52. The molecule has 2 unspecified atom stereocenters. The summed E-state index contributed by atoms with van der Waals surface area (Å²) in [4.78, 5) is 25.2. The van der Waals surface area contributed by atoms with Gasteiger partial charge in [0.15, 0.2) is 0 Å². The van der Waals surface area contributed by atoms with E-state index in [1.807, 2.05) is 21.1 Å². The van der Waals surface area contributed by atoms with E-state index in [-0.39, 0.29) is 25.8 Å². The highest BCUT2D eigenvalue weighted by molar-refractivity contribution is 7.45. The van der Waals surface area contributed by atoms with Gasteiger partial charge >= 0.3 is 5.97 Å². The summed E-state index contributed by atoms with van der Waals surface area (Å²) in [5.41, 5.74) is 0. The predicted octanol–water partition coefficient (Wildman–Crippen LogP) is 15.3. The predicted molar refractivity (Wildman–Crippen MR) is 259 cm³/mol. The van der Waals surface area contributed by atoms with E-state index in [0.29, 0.717) is 24.1 Å². The number of likely N-dealkylation sites (N-methyl/N-ethyl adjacent to an activating group) is 1. The Morgan fingerprint density at radius 1 is 0.508 bits per heavy atom. The molecule has 0 aliphatic rings. The van der Waals surface area contributed by atoms with E-state index in [9.17, 15) is 14.3 Å². The molecule has 0 spiro atoms. The second kappa shape index (κ2) is 45.5. The third-order valence-corrected chi connectivity index (χ3v) is 12.5. The van der Waals surface area contributed by atoms with Crippen LogP contribution in [0.2, 0.25) is 0 Å². The molecule has 0 rings (SSSR count). The molecule has 0 amide bonds. The molecule has 0 fully saturated rings. The molecule has 0 aromatic carbocycles. The molecule has 0 aromatic heterocycles. The summed E-state index contributed by atoms with van der Waals surface area (Å²) in [7, 11) is 1.37. The van der Waals surface area contributed by atoms with Crippen LogP contribution >= 0.6 is 7.82 Å². The Labute approximate surface area is 379 Å². The van der Waals surface area contributed by atoms with E-state index in [0.717, 1.165) is 38.5 Å². The normalized spacial score (nSPS) is 13.7. The summed E-state index contributed by atoms with van der Waals surface area (Å²) in [6.45, 7) is 5.45. The first-order valence-corrected chi connectivity index (χ1v) is 27.5. The minimum absolute atomic E-state index is 0.0287. The van der Waals surface area contributed by atoms with Gasteiger partial charge in [-0.3, -0.25) is 9.36 Å². The van der Waals surface area contributed by atoms with Crippen LogP contribution in [-0.4, -0.2) is 70.7 Å². The van der Waals surface area contributed by atoms with Crippen molar-refractivity contribution in [3.63, 3.8) is 0 Å². The number of ether oxygens (including phenoxy) is 2. The SMILES string of the molecule is CCCCCCC/C=C\C/C=C\CCCCCCCCCCCCCCCC(=O)OC(COCCCCCCCCCCCCCCCC)COP(=O)([O-])OCC[N+](C)(C)C.